The Morgan fingerprint density at radius 2 is 1.85 bits per heavy atom. The van der Waals surface area contributed by atoms with E-state index in [1.807, 2.05) is 63.5 Å². The number of hydrogen-bond donors (Lipinski definition) is 2. The van der Waals surface area contributed by atoms with Crippen LogP contribution in [0.4, 0.5) is 5.69 Å². The molecular weight excluding hydrogens is 470 g/mol. The summed E-state index contributed by atoms with van der Waals surface area (Å²) in [5.41, 5.74) is 3.14. The van der Waals surface area contributed by atoms with E-state index in [9.17, 15) is 9.59 Å². The van der Waals surface area contributed by atoms with E-state index in [1.54, 1.807) is 18.2 Å². The lowest BCUT2D eigenvalue weighted by atomic mass is 10.0. The summed E-state index contributed by atoms with van der Waals surface area (Å²) < 4.78 is 1.95. The molecule has 0 radical (unpaired) electrons. The molecule has 9 heteroatoms. The number of benzene rings is 2. The average molecular weight is 500 g/mol. The quantitative estimate of drug-likeness (QED) is 0.383. The van der Waals surface area contributed by atoms with E-state index < -0.39 is 0 Å². The number of amides is 2. The van der Waals surface area contributed by atoms with Crippen molar-refractivity contribution in [3.8, 4) is 0 Å². The summed E-state index contributed by atoms with van der Waals surface area (Å²) in [6.07, 6.45) is 0. The molecule has 180 valence electrons. The van der Waals surface area contributed by atoms with Gasteiger partial charge < -0.3 is 15.2 Å². The predicted molar refractivity (Wildman–Crippen MR) is 137 cm³/mol. The van der Waals surface area contributed by atoms with Gasteiger partial charge in [0.25, 0.3) is 5.91 Å². The molecule has 0 unspecified atom stereocenters. The number of anilines is 1. The van der Waals surface area contributed by atoms with Crippen molar-refractivity contribution in [2.45, 2.75) is 52.4 Å². The Balaban J connectivity index is 1.72. The van der Waals surface area contributed by atoms with Gasteiger partial charge >= 0.3 is 0 Å². The molecule has 1 atom stereocenters. The average Bonchev–Trinajstić information content (AvgIpc) is 3.21. The summed E-state index contributed by atoms with van der Waals surface area (Å²) in [6.45, 7) is 10.5. The van der Waals surface area contributed by atoms with Crippen molar-refractivity contribution in [3.63, 3.8) is 0 Å². The Hall–Kier alpha value is -2.84. The zero-order chi connectivity index (χ0) is 24.8. The fourth-order valence-electron chi connectivity index (χ4n) is 3.53. The zero-order valence-electron chi connectivity index (χ0n) is 20.1. The van der Waals surface area contributed by atoms with Crippen LogP contribution in [0.5, 0.6) is 0 Å². The molecule has 0 fully saturated rings. The van der Waals surface area contributed by atoms with Gasteiger partial charge in [-0.25, -0.2) is 0 Å². The van der Waals surface area contributed by atoms with E-state index in [0.29, 0.717) is 33.8 Å². The first-order valence-corrected chi connectivity index (χ1v) is 12.6. The number of thioether (sulfide) groups is 1. The van der Waals surface area contributed by atoms with Crippen molar-refractivity contribution in [2.24, 2.45) is 5.92 Å². The molecule has 0 spiro atoms. The maximum atomic E-state index is 12.9. The van der Waals surface area contributed by atoms with Crippen LogP contribution < -0.4 is 10.6 Å². The highest BCUT2D eigenvalue weighted by atomic mass is 35.5. The third kappa shape index (κ3) is 6.18. The predicted octanol–water partition coefficient (Wildman–Crippen LogP) is 5.43. The van der Waals surface area contributed by atoms with Gasteiger partial charge in [0.2, 0.25) is 5.91 Å². The lowest BCUT2D eigenvalue weighted by Gasteiger charge is -2.22. The van der Waals surface area contributed by atoms with Gasteiger partial charge in [-0.15, -0.1) is 10.2 Å². The van der Waals surface area contributed by atoms with Crippen LogP contribution in [-0.4, -0.2) is 32.3 Å². The second-order valence-corrected chi connectivity index (χ2v) is 9.75. The van der Waals surface area contributed by atoms with Crippen molar-refractivity contribution in [1.29, 1.82) is 0 Å². The van der Waals surface area contributed by atoms with Crippen molar-refractivity contribution < 1.29 is 9.59 Å². The second-order valence-electron chi connectivity index (χ2n) is 8.40. The van der Waals surface area contributed by atoms with Crippen LogP contribution in [0, 0.1) is 19.8 Å². The highest BCUT2D eigenvalue weighted by molar-refractivity contribution is 7.99. The SMILES string of the molecule is CCn1c(SCC(=O)Nc2cccc(Cl)c2C)nnc1[C@@H](NC(=O)c1cccc(C)c1)C(C)C. The van der Waals surface area contributed by atoms with Crippen molar-refractivity contribution >= 4 is 40.9 Å². The summed E-state index contributed by atoms with van der Waals surface area (Å²) >= 11 is 7.45. The van der Waals surface area contributed by atoms with Crippen LogP contribution in [0.2, 0.25) is 5.02 Å². The van der Waals surface area contributed by atoms with Gasteiger partial charge in [-0.05, 0) is 56.5 Å². The highest BCUT2D eigenvalue weighted by Crippen LogP contribution is 2.27. The maximum Gasteiger partial charge on any atom is 0.251 e. The van der Waals surface area contributed by atoms with Crippen LogP contribution in [0.25, 0.3) is 0 Å². The summed E-state index contributed by atoms with van der Waals surface area (Å²) in [6, 6.07) is 12.6. The number of aryl methyl sites for hydroxylation is 1. The minimum atomic E-state index is -0.322. The molecular formula is C25H30ClN5O2S. The number of halogens is 1. The molecule has 2 N–H and O–H groups in total. The van der Waals surface area contributed by atoms with Crippen LogP contribution in [0.3, 0.4) is 0 Å². The Kier molecular flexibility index (Phi) is 8.74. The van der Waals surface area contributed by atoms with Crippen LogP contribution in [-0.2, 0) is 11.3 Å². The molecule has 7 nitrogen and oxygen atoms in total. The second kappa shape index (κ2) is 11.5. The molecule has 0 aliphatic carbocycles. The van der Waals surface area contributed by atoms with Gasteiger partial charge in [0.1, 0.15) is 0 Å². The fourth-order valence-corrected chi connectivity index (χ4v) is 4.52. The van der Waals surface area contributed by atoms with Gasteiger partial charge in [-0.2, -0.15) is 0 Å². The van der Waals surface area contributed by atoms with Gasteiger partial charge in [0, 0.05) is 22.8 Å². The summed E-state index contributed by atoms with van der Waals surface area (Å²) in [5, 5.41) is 15.9. The smallest absolute Gasteiger partial charge is 0.251 e. The van der Waals surface area contributed by atoms with Crippen molar-refractivity contribution in [1.82, 2.24) is 20.1 Å². The molecule has 1 aromatic heterocycles. The van der Waals surface area contributed by atoms with Crippen LogP contribution in [0.15, 0.2) is 47.6 Å². The first kappa shape index (κ1) is 25.8. The molecule has 0 saturated carbocycles. The number of nitrogens with one attached hydrogen (secondary N) is 2. The number of rotatable bonds is 9. The number of carbonyl (C=O) groups excluding carboxylic acids is 2. The van der Waals surface area contributed by atoms with Crippen LogP contribution >= 0.6 is 23.4 Å². The van der Waals surface area contributed by atoms with Crippen molar-refractivity contribution in [3.05, 3.63) is 70.0 Å². The number of hydrogen-bond acceptors (Lipinski definition) is 5. The summed E-state index contributed by atoms with van der Waals surface area (Å²) in [5.74, 6) is 0.628. The van der Waals surface area contributed by atoms with Crippen molar-refractivity contribution in [2.75, 3.05) is 11.1 Å². The van der Waals surface area contributed by atoms with Gasteiger partial charge in [-0.1, -0.05) is 61.0 Å². The number of aromatic nitrogens is 3. The van der Waals surface area contributed by atoms with Gasteiger partial charge in [0.05, 0.1) is 11.8 Å². The third-order valence-electron chi connectivity index (χ3n) is 5.45. The standard InChI is InChI=1S/C25H30ClN5O2S/c1-6-31-23(22(15(2)3)28-24(33)18-10-7-9-16(4)13-18)29-30-25(31)34-14-21(32)27-20-12-8-11-19(26)17(20)5/h7-13,15,22H,6,14H2,1-5H3,(H,27,32)(H,28,33)/t22-/m0/s1. The summed E-state index contributed by atoms with van der Waals surface area (Å²) in [4.78, 5) is 25.4. The Labute approximate surface area is 209 Å². The molecule has 34 heavy (non-hydrogen) atoms. The van der Waals surface area contributed by atoms with E-state index >= 15 is 0 Å². The topological polar surface area (TPSA) is 88.9 Å². The lowest BCUT2D eigenvalue weighted by Crippen LogP contribution is -2.33. The number of carbonyl (C=O) groups is 2. The molecule has 2 aromatic carbocycles. The molecule has 2 amide bonds. The highest BCUT2D eigenvalue weighted by Gasteiger charge is 2.26. The summed E-state index contributed by atoms with van der Waals surface area (Å²) in [7, 11) is 0. The normalized spacial score (nSPS) is 12.0. The molecule has 0 aliphatic rings. The molecule has 0 aliphatic heterocycles. The van der Waals surface area contributed by atoms with E-state index in [2.05, 4.69) is 20.8 Å². The lowest BCUT2D eigenvalue weighted by molar-refractivity contribution is -0.113. The molecule has 1 heterocycles. The minimum absolute atomic E-state index is 0.0928. The Morgan fingerprint density at radius 3 is 2.53 bits per heavy atom. The van der Waals surface area contributed by atoms with Gasteiger partial charge in [-0.3, -0.25) is 9.59 Å². The molecule has 3 rings (SSSR count). The Morgan fingerprint density at radius 1 is 1.12 bits per heavy atom. The molecule has 3 aromatic rings. The molecule has 0 bridgehead atoms. The monoisotopic (exact) mass is 499 g/mol. The fraction of sp³-hybridized carbons (Fsp3) is 0.360. The van der Waals surface area contributed by atoms with E-state index in [4.69, 9.17) is 11.6 Å². The minimum Gasteiger partial charge on any atom is -0.342 e. The maximum absolute atomic E-state index is 12.9. The van der Waals surface area contributed by atoms with Gasteiger partial charge in [0.15, 0.2) is 11.0 Å². The first-order valence-electron chi connectivity index (χ1n) is 11.2. The van der Waals surface area contributed by atoms with E-state index in [1.165, 1.54) is 11.8 Å². The van der Waals surface area contributed by atoms with E-state index in [-0.39, 0.29) is 29.5 Å². The number of nitrogens with zero attached hydrogens (tertiary/aromatic N) is 3. The van der Waals surface area contributed by atoms with E-state index in [0.717, 1.165) is 11.1 Å². The third-order valence-corrected chi connectivity index (χ3v) is 6.82. The molecule has 0 saturated heterocycles. The van der Waals surface area contributed by atoms with Crippen LogP contribution in [0.1, 0.15) is 54.1 Å². The first-order chi connectivity index (χ1) is 16.2. The largest absolute Gasteiger partial charge is 0.342 e. The Bertz CT molecular complexity index is 1180. The zero-order valence-corrected chi connectivity index (χ0v) is 21.6.